The van der Waals surface area contributed by atoms with E-state index in [1.807, 2.05) is 12.1 Å². The number of fused-ring (bicyclic) bond motifs is 1. The van der Waals surface area contributed by atoms with Crippen LogP contribution < -0.4 is 10.6 Å². The zero-order valence-electron chi connectivity index (χ0n) is 14.1. The normalized spacial score (nSPS) is 12.4. The molecular formula is C18H14FN7O. The highest BCUT2D eigenvalue weighted by Crippen LogP contribution is 2.24. The number of aryl methyl sites for hydroxylation is 1. The summed E-state index contributed by atoms with van der Waals surface area (Å²) in [5.41, 5.74) is 2.85. The van der Waals surface area contributed by atoms with Crippen LogP contribution in [0.2, 0.25) is 0 Å². The fourth-order valence-corrected chi connectivity index (χ4v) is 2.84. The van der Waals surface area contributed by atoms with E-state index in [4.69, 9.17) is 5.26 Å². The molecule has 0 aliphatic carbocycles. The van der Waals surface area contributed by atoms with Gasteiger partial charge in [-0.2, -0.15) is 10.4 Å². The largest absolute Gasteiger partial charge is 0.348 e. The molecule has 27 heavy (non-hydrogen) atoms. The van der Waals surface area contributed by atoms with Gasteiger partial charge in [-0.05, 0) is 23.8 Å². The number of nitriles is 1. The van der Waals surface area contributed by atoms with Crippen molar-refractivity contribution in [3.05, 3.63) is 53.7 Å². The number of rotatable bonds is 5. The number of nitrogens with one attached hydrogen (secondary N) is 2. The Bertz CT molecular complexity index is 1070. The molecule has 0 saturated carbocycles. The van der Waals surface area contributed by atoms with Crippen LogP contribution in [-0.4, -0.2) is 25.7 Å². The van der Waals surface area contributed by atoms with E-state index in [1.165, 1.54) is 6.20 Å². The lowest BCUT2D eigenvalue weighted by Crippen LogP contribution is -2.12. The molecule has 1 amide bonds. The van der Waals surface area contributed by atoms with Gasteiger partial charge in [0.15, 0.2) is 5.82 Å². The number of carbonyl (C=O) groups excluding carboxylic acids is 1. The van der Waals surface area contributed by atoms with Crippen molar-refractivity contribution in [2.24, 2.45) is 0 Å². The first-order valence-corrected chi connectivity index (χ1v) is 8.24. The highest BCUT2D eigenvalue weighted by Gasteiger charge is 2.19. The second-order valence-corrected chi connectivity index (χ2v) is 5.97. The maximum atomic E-state index is 14.2. The Morgan fingerprint density at radius 1 is 1.37 bits per heavy atom. The number of hydrogen-bond acceptors (Lipinski definition) is 6. The number of amides is 1. The average Bonchev–Trinajstić information content (AvgIpc) is 3.28. The first-order valence-electron chi connectivity index (χ1n) is 8.24. The molecule has 1 aromatic carbocycles. The summed E-state index contributed by atoms with van der Waals surface area (Å²) in [7, 11) is 0. The van der Waals surface area contributed by atoms with Gasteiger partial charge < -0.3 is 10.6 Å². The topological polar surface area (TPSA) is 109 Å². The van der Waals surface area contributed by atoms with Gasteiger partial charge in [0, 0.05) is 29.6 Å². The molecule has 3 aromatic rings. The van der Waals surface area contributed by atoms with Crippen molar-refractivity contribution in [2.75, 3.05) is 5.32 Å². The van der Waals surface area contributed by atoms with Gasteiger partial charge in [-0.15, -0.1) is 0 Å². The van der Waals surface area contributed by atoms with Crippen molar-refractivity contribution in [3.63, 3.8) is 0 Å². The summed E-state index contributed by atoms with van der Waals surface area (Å²) in [5, 5.41) is 18.5. The van der Waals surface area contributed by atoms with Crippen LogP contribution in [0, 0.1) is 17.1 Å². The standard InChI is InChI=1S/C18H14FN7O/c19-15-9-22-18(24-13-2-3-14-11(6-13)7-21-17(14)27)25-16(15)12-8-23-26(10-12)5-1-4-20/h2-3,6,8-10H,1,5,7H2,(H,21,27)(H,22,24,25). The van der Waals surface area contributed by atoms with Crippen molar-refractivity contribution in [1.82, 2.24) is 25.1 Å². The number of benzene rings is 1. The van der Waals surface area contributed by atoms with Crippen LogP contribution >= 0.6 is 0 Å². The van der Waals surface area contributed by atoms with Crippen LogP contribution in [0.15, 0.2) is 36.8 Å². The Morgan fingerprint density at radius 3 is 3.11 bits per heavy atom. The van der Waals surface area contributed by atoms with Gasteiger partial charge in [0.1, 0.15) is 5.69 Å². The lowest BCUT2D eigenvalue weighted by molar-refractivity contribution is 0.0966. The van der Waals surface area contributed by atoms with Gasteiger partial charge in [-0.3, -0.25) is 9.48 Å². The SMILES string of the molecule is N#CCCn1cc(-c2nc(Nc3ccc4c(c3)CNC4=O)ncc2F)cn1. The molecule has 0 radical (unpaired) electrons. The third-order valence-corrected chi connectivity index (χ3v) is 4.15. The van der Waals surface area contributed by atoms with Gasteiger partial charge in [-0.1, -0.05) is 0 Å². The highest BCUT2D eigenvalue weighted by atomic mass is 19.1. The minimum absolute atomic E-state index is 0.0923. The van der Waals surface area contributed by atoms with Crippen LogP contribution in [0.25, 0.3) is 11.3 Å². The lowest BCUT2D eigenvalue weighted by atomic mass is 10.1. The molecule has 8 nitrogen and oxygen atoms in total. The summed E-state index contributed by atoms with van der Waals surface area (Å²) in [6.45, 7) is 0.900. The van der Waals surface area contributed by atoms with Crippen LogP contribution in [-0.2, 0) is 13.1 Å². The van der Waals surface area contributed by atoms with Gasteiger partial charge in [0.25, 0.3) is 5.91 Å². The number of aromatic nitrogens is 4. The lowest BCUT2D eigenvalue weighted by Gasteiger charge is -2.08. The number of halogens is 1. The summed E-state index contributed by atoms with van der Waals surface area (Å²) in [4.78, 5) is 19.8. The molecule has 2 N–H and O–H groups in total. The van der Waals surface area contributed by atoms with Gasteiger partial charge >= 0.3 is 0 Å². The van der Waals surface area contributed by atoms with Crippen molar-refractivity contribution >= 4 is 17.5 Å². The first-order chi connectivity index (χ1) is 13.1. The molecule has 134 valence electrons. The van der Waals surface area contributed by atoms with Crippen LogP contribution in [0.1, 0.15) is 22.3 Å². The van der Waals surface area contributed by atoms with Crippen molar-refractivity contribution in [2.45, 2.75) is 19.5 Å². The van der Waals surface area contributed by atoms with Gasteiger partial charge in [0.2, 0.25) is 5.95 Å². The zero-order chi connectivity index (χ0) is 18.8. The molecule has 0 fully saturated rings. The van der Waals surface area contributed by atoms with Crippen molar-refractivity contribution < 1.29 is 9.18 Å². The molecule has 0 bridgehead atoms. The number of carbonyl (C=O) groups is 1. The van der Waals surface area contributed by atoms with Crippen molar-refractivity contribution in [3.8, 4) is 17.3 Å². The third kappa shape index (κ3) is 3.32. The maximum absolute atomic E-state index is 14.2. The summed E-state index contributed by atoms with van der Waals surface area (Å²) < 4.78 is 15.8. The van der Waals surface area contributed by atoms with E-state index in [0.29, 0.717) is 36.3 Å². The predicted octanol–water partition coefficient (Wildman–Crippen LogP) is 2.38. The molecule has 3 heterocycles. The average molecular weight is 363 g/mol. The summed E-state index contributed by atoms with van der Waals surface area (Å²) in [5.74, 6) is -0.428. The van der Waals surface area contributed by atoms with Crippen LogP contribution in [0.5, 0.6) is 0 Å². The fourth-order valence-electron chi connectivity index (χ4n) is 2.84. The Kier molecular flexibility index (Phi) is 4.22. The number of nitrogens with zero attached hydrogens (tertiary/aromatic N) is 5. The van der Waals surface area contributed by atoms with E-state index in [2.05, 4.69) is 25.7 Å². The van der Waals surface area contributed by atoms with E-state index < -0.39 is 5.82 Å². The van der Waals surface area contributed by atoms with E-state index in [-0.39, 0.29) is 17.5 Å². The smallest absolute Gasteiger partial charge is 0.251 e. The molecule has 0 spiro atoms. The Labute approximate surface area is 153 Å². The first kappa shape index (κ1) is 16.7. The number of hydrogen-bond donors (Lipinski definition) is 2. The van der Waals surface area contributed by atoms with E-state index >= 15 is 0 Å². The van der Waals surface area contributed by atoms with Gasteiger partial charge in [0.05, 0.1) is 31.4 Å². The Hall–Kier alpha value is -3.80. The second kappa shape index (κ2) is 6.84. The van der Waals surface area contributed by atoms with Crippen LogP contribution in [0.3, 0.4) is 0 Å². The second-order valence-electron chi connectivity index (χ2n) is 5.97. The molecule has 1 aliphatic heterocycles. The molecule has 1 aliphatic rings. The van der Waals surface area contributed by atoms with Gasteiger partial charge in [-0.25, -0.2) is 14.4 Å². The quantitative estimate of drug-likeness (QED) is 0.720. The van der Waals surface area contributed by atoms with E-state index in [9.17, 15) is 9.18 Å². The maximum Gasteiger partial charge on any atom is 0.251 e. The molecule has 0 unspecified atom stereocenters. The Morgan fingerprint density at radius 2 is 2.26 bits per heavy atom. The van der Waals surface area contributed by atoms with E-state index in [0.717, 1.165) is 11.8 Å². The number of anilines is 2. The third-order valence-electron chi connectivity index (χ3n) is 4.15. The summed E-state index contributed by atoms with van der Waals surface area (Å²) in [6.07, 6.45) is 4.55. The molecule has 9 heteroatoms. The minimum atomic E-state index is -0.566. The fraction of sp³-hybridized carbons (Fsp3) is 0.167. The zero-order valence-corrected chi connectivity index (χ0v) is 14.1. The van der Waals surface area contributed by atoms with E-state index in [1.54, 1.807) is 23.0 Å². The molecule has 0 atom stereocenters. The van der Waals surface area contributed by atoms with Crippen molar-refractivity contribution in [1.29, 1.82) is 5.26 Å². The van der Waals surface area contributed by atoms with Crippen LogP contribution in [0.4, 0.5) is 16.0 Å². The summed E-state index contributed by atoms with van der Waals surface area (Å²) in [6, 6.07) is 7.34. The molecule has 4 rings (SSSR count). The predicted molar refractivity (Wildman–Crippen MR) is 94.3 cm³/mol. The molecule has 0 saturated heterocycles. The summed E-state index contributed by atoms with van der Waals surface area (Å²) >= 11 is 0. The minimum Gasteiger partial charge on any atom is -0.348 e. The molecule has 2 aromatic heterocycles. The monoisotopic (exact) mass is 363 g/mol. The molecular weight excluding hydrogens is 349 g/mol. The highest BCUT2D eigenvalue weighted by molar-refractivity contribution is 5.98. The Balaban J connectivity index is 1.58.